The molecule has 3 nitrogen and oxygen atoms in total. The third kappa shape index (κ3) is 5.64. The number of nitrogens with one attached hydrogen (secondary N) is 1. The fourth-order valence-corrected chi connectivity index (χ4v) is 1.84. The molecule has 1 aromatic rings. The van der Waals surface area contributed by atoms with Crippen LogP contribution in [0.1, 0.15) is 18.9 Å². The van der Waals surface area contributed by atoms with Crippen molar-refractivity contribution in [3.63, 3.8) is 0 Å². The largest absolute Gasteiger partial charge is 0.396 e. The van der Waals surface area contributed by atoms with E-state index >= 15 is 0 Å². The molecule has 1 amide bonds. The Kier molecular flexibility index (Phi) is 6.92. The summed E-state index contributed by atoms with van der Waals surface area (Å²) in [6, 6.07) is 5.25. The molecule has 1 rings (SSSR count). The standard InChI is InChI=1S/C14H17Cl2NO2/c1-10(7-8-18)9-17-13(19)6-5-11-3-2-4-12(15)14(11)16/h2-6,10,18H,7-9H2,1H3,(H,17,19)/b6-5+. The first-order chi connectivity index (χ1) is 9.04. The van der Waals surface area contributed by atoms with Gasteiger partial charge >= 0.3 is 0 Å². The molecule has 0 spiro atoms. The van der Waals surface area contributed by atoms with E-state index in [0.29, 0.717) is 28.6 Å². The zero-order chi connectivity index (χ0) is 14.3. The normalized spacial score (nSPS) is 12.6. The Bertz CT molecular complexity index is 461. The molecule has 1 unspecified atom stereocenters. The molecule has 0 saturated carbocycles. The second kappa shape index (κ2) is 8.20. The van der Waals surface area contributed by atoms with Crippen molar-refractivity contribution in [3.8, 4) is 0 Å². The molecule has 0 aliphatic carbocycles. The highest BCUT2D eigenvalue weighted by Crippen LogP contribution is 2.26. The van der Waals surface area contributed by atoms with Gasteiger partial charge in [0.25, 0.3) is 0 Å². The van der Waals surface area contributed by atoms with Crippen LogP contribution < -0.4 is 5.32 Å². The number of hydrogen-bond donors (Lipinski definition) is 2. The summed E-state index contributed by atoms with van der Waals surface area (Å²) in [4.78, 5) is 11.6. The number of rotatable bonds is 6. The van der Waals surface area contributed by atoms with E-state index in [4.69, 9.17) is 28.3 Å². The highest BCUT2D eigenvalue weighted by atomic mass is 35.5. The predicted octanol–water partition coefficient (Wildman–Crippen LogP) is 3.14. The van der Waals surface area contributed by atoms with Gasteiger partial charge in [0, 0.05) is 19.2 Å². The smallest absolute Gasteiger partial charge is 0.244 e. The highest BCUT2D eigenvalue weighted by Gasteiger charge is 2.04. The second-order valence-corrected chi connectivity index (χ2v) is 5.12. The number of halogens is 2. The number of amides is 1. The average Bonchev–Trinajstić information content (AvgIpc) is 2.38. The van der Waals surface area contributed by atoms with E-state index < -0.39 is 0 Å². The van der Waals surface area contributed by atoms with Crippen LogP contribution >= 0.6 is 23.2 Å². The van der Waals surface area contributed by atoms with Crippen LogP contribution in [0.15, 0.2) is 24.3 Å². The number of carbonyl (C=O) groups is 1. The monoisotopic (exact) mass is 301 g/mol. The molecule has 0 aromatic heterocycles. The van der Waals surface area contributed by atoms with Gasteiger partial charge < -0.3 is 10.4 Å². The van der Waals surface area contributed by atoms with E-state index in [2.05, 4.69) is 5.32 Å². The summed E-state index contributed by atoms with van der Waals surface area (Å²) >= 11 is 11.9. The van der Waals surface area contributed by atoms with Crippen LogP contribution in [0.3, 0.4) is 0 Å². The summed E-state index contributed by atoms with van der Waals surface area (Å²) in [5, 5.41) is 12.4. The molecular formula is C14H17Cl2NO2. The maximum absolute atomic E-state index is 11.6. The molecule has 0 bridgehead atoms. The predicted molar refractivity (Wildman–Crippen MR) is 79.4 cm³/mol. The van der Waals surface area contributed by atoms with Crippen molar-refractivity contribution in [2.45, 2.75) is 13.3 Å². The molecule has 0 fully saturated rings. The lowest BCUT2D eigenvalue weighted by molar-refractivity contribution is -0.116. The van der Waals surface area contributed by atoms with Crippen LogP contribution in [0.2, 0.25) is 10.0 Å². The van der Waals surface area contributed by atoms with Crippen molar-refractivity contribution in [2.24, 2.45) is 5.92 Å². The van der Waals surface area contributed by atoms with E-state index in [9.17, 15) is 4.79 Å². The minimum atomic E-state index is -0.194. The molecule has 1 atom stereocenters. The lowest BCUT2D eigenvalue weighted by Crippen LogP contribution is -2.26. The average molecular weight is 302 g/mol. The molecule has 2 N–H and O–H groups in total. The van der Waals surface area contributed by atoms with Gasteiger partial charge in [-0.2, -0.15) is 0 Å². The second-order valence-electron chi connectivity index (χ2n) is 4.34. The minimum absolute atomic E-state index is 0.130. The van der Waals surface area contributed by atoms with Crippen LogP contribution in [-0.4, -0.2) is 24.2 Å². The molecule has 104 valence electrons. The van der Waals surface area contributed by atoms with Crippen molar-refractivity contribution in [3.05, 3.63) is 39.9 Å². The molecule has 0 aliphatic heterocycles. The summed E-state index contributed by atoms with van der Waals surface area (Å²) < 4.78 is 0. The van der Waals surface area contributed by atoms with Crippen molar-refractivity contribution >= 4 is 35.2 Å². The van der Waals surface area contributed by atoms with Gasteiger partial charge in [-0.3, -0.25) is 4.79 Å². The summed E-state index contributed by atoms with van der Waals surface area (Å²) in [6.45, 7) is 2.63. The number of aliphatic hydroxyl groups is 1. The van der Waals surface area contributed by atoms with Crippen molar-refractivity contribution in [1.82, 2.24) is 5.32 Å². The number of aliphatic hydroxyl groups excluding tert-OH is 1. The third-order valence-corrected chi connectivity index (χ3v) is 3.48. The van der Waals surface area contributed by atoms with Crippen LogP contribution in [0.4, 0.5) is 0 Å². The molecular weight excluding hydrogens is 285 g/mol. The Hall–Kier alpha value is -1.03. The van der Waals surface area contributed by atoms with Crippen molar-refractivity contribution in [1.29, 1.82) is 0 Å². The lowest BCUT2D eigenvalue weighted by atomic mass is 10.1. The lowest BCUT2D eigenvalue weighted by Gasteiger charge is -2.09. The van der Waals surface area contributed by atoms with Gasteiger partial charge in [0.15, 0.2) is 0 Å². The fraction of sp³-hybridized carbons (Fsp3) is 0.357. The Labute approximate surface area is 123 Å². The van der Waals surface area contributed by atoms with Crippen LogP contribution in [0.25, 0.3) is 6.08 Å². The van der Waals surface area contributed by atoms with Gasteiger partial charge in [0.1, 0.15) is 0 Å². The summed E-state index contributed by atoms with van der Waals surface area (Å²) in [6.07, 6.45) is 3.72. The number of carbonyl (C=O) groups excluding carboxylic acids is 1. The maximum Gasteiger partial charge on any atom is 0.244 e. The van der Waals surface area contributed by atoms with Gasteiger partial charge in [-0.1, -0.05) is 42.3 Å². The molecule has 0 saturated heterocycles. The zero-order valence-corrected chi connectivity index (χ0v) is 12.2. The summed E-state index contributed by atoms with van der Waals surface area (Å²) in [5.41, 5.74) is 0.702. The Balaban J connectivity index is 2.52. The first-order valence-electron chi connectivity index (χ1n) is 6.05. The third-order valence-electron chi connectivity index (χ3n) is 2.64. The van der Waals surface area contributed by atoms with Gasteiger partial charge in [-0.15, -0.1) is 0 Å². The van der Waals surface area contributed by atoms with Gasteiger partial charge in [0.2, 0.25) is 5.91 Å². The van der Waals surface area contributed by atoms with Gasteiger partial charge in [-0.05, 0) is 30.0 Å². The summed E-state index contributed by atoms with van der Waals surface area (Å²) in [5.74, 6) is 0.0536. The minimum Gasteiger partial charge on any atom is -0.396 e. The molecule has 0 radical (unpaired) electrons. The number of hydrogen-bond acceptors (Lipinski definition) is 2. The quantitative estimate of drug-likeness (QED) is 0.793. The van der Waals surface area contributed by atoms with E-state index in [1.54, 1.807) is 24.3 Å². The van der Waals surface area contributed by atoms with Crippen molar-refractivity contribution in [2.75, 3.05) is 13.2 Å². The zero-order valence-electron chi connectivity index (χ0n) is 10.7. The van der Waals surface area contributed by atoms with E-state index in [0.717, 1.165) is 0 Å². The molecule has 0 heterocycles. The first-order valence-corrected chi connectivity index (χ1v) is 6.81. The molecule has 1 aromatic carbocycles. The highest BCUT2D eigenvalue weighted by molar-refractivity contribution is 6.42. The van der Waals surface area contributed by atoms with Crippen molar-refractivity contribution < 1.29 is 9.90 Å². The van der Waals surface area contributed by atoms with E-state index in [1.165, 1.54) is 6.08 Å². The Morgan fingerprint density at radius 3 is 2.89 bits per heavy atom. The van der Waals surface area contributed by atoms with E-state index in [1.807, 2.05) is 6.92 Å². The summed E-state index contributed by atoms with van der Waals surface area (Å²) in [7, 11) is 0. The van der Waals surface area contributed by atoms with Crippen LogP contribution in [0.5, 0.6) is 0 Å². The fourth-order valence-electron chi connectivity index (χ4n) is 1.47. The first kappa shape index (κ1) is 16.0. The molecule has 5 heteroatoms. The van der Waals surface area contributed by atoms with Crippen LogP contribution in [-0.2, 0) is 4.79 Å². The maximum atomic E-state index is 11.6. The Morgan fingerprint density at radius 2 is 2.21 bits per heavy atom. The SMILES string of the molecule is CC(CCO)CNC(=O)/C=C/c1cccc(Cl)c1Cl. The topological polar surface area (TPSA) is 49.3 Å². The molecule has 19 heavy (non-hydrogen) atoms. The van der Waals surface area contributed by atoms with Gasteiger partial charge in [-0.25, -0.2) is 0 Å². The Morgan fingerprint density at radius 1 is 1.47 bits per heavy atom. The van der Waals surface area contributed by atoms with Crippen LogP contribution in [0, 0.1) is 5.92 Å². The number of benzene rings is 1. The van der Waals surface area contributed by atoms with Gasteiger partial charge in [0.05, 0.1) is 10.0 Å². The van der Waals surface area contributed by atoms with E-state index in [-0.39, 0.29) is 18.4 Å². The molecule has 0 aliphatic rings.